The number of hydrogen-bond acceptors (Lipinski definition) is 6. The zero-order valence-electron chi connectivity index (χ0n) is 8.54. The maximum atomic E-state index is 10.8. The average Bonchev–Trinajstić information content (AvgIpc) is 2.29. The van der Waals surface area contributed by atoms with Gasteiger partial charge in [-0.2, -0.15) is 0 Å². The molecule has 0 atom stereocenters. The summed E-state index contributed by atoms with van der Waals surface area (Å²) in [6.07, 6.45) is 2.52. The van der Waals surface area contributed by atoms with E-state index < -0.39 is 5.97 Å². The maximum absolute atomic E-state index is 10.8. The number of thioether (sulfide) groups is 1. The molecule has 0 bridgehead atoms. The largest absolute Gasteiger partial charge is 0.478 e. The molecule has 0 aliphatic carbocycles. The highest BCUT2D eigenvalue weighted by molar-refractivity contribution is 7.99. The molecule has 6 nitrogen and oxygen atoms in total. The molecule has 0 unspecified atom stereocenters. The van der Waals surface area contributed by atoms with Crippen LogP contribution in [-0.2, 0) is 15.3 Å². The number of carbonyl (C=O) groups excluding carboxylic acids is 1. The Bertz CT molecular complexity index is 397. The minimum absolute atomic E-state index is 0.0554. The van der Waals surface area contributed by atoms with Crippen LogP contribution in [0.2, 0.25) is 0 Å². The Morgan fingerprint density at radius 3 is 2.94 bits per heavy atom. The number of ether oxygens (including phenoxy) is 1. The predicted octanol–water partition coefficient (Wildman–Crippen LogP) is 0.581. The second-order valence-electron chi connectivity index (χ2n) is 2.76. The molecular formula is C9H10N2O4S. The number of carbonyl (C=O) groups is 2. The molecule has 0 amide bonds. The second-order valence-corrected chi connectivity index (χ2v) is 3.74. The molecule has 1 N–H and O–H groups in total. The topological polar surface area (TPSA) is 89.4 Å². The summed E-state index contributed by atoms with van der Waals surface area (Å²) >= 11 is 1.24. The molecule has 0 fully saturated rings. The van der Waals surface area contributed by atoms with Crippen molar-refractivity contribution in [2.45, 2.75) is 5.75 Å². The lowest BCUT2D eigenvalue weighted by Crippen LogP contribution is -2.07. The van der Waals surface area contributed by atoms with Crippen LogP contribution in [0.5, 0.6) is 0 Å². The van der Waals surface area contributed by atoms with E-state index in [1.54, 1.807) is 0 Å². The number of hydrogen-bond donors (Lipinski definition) is 1. The lowest BCUT2D eigenvalue weighted by Gasteiger charge is -2.03. The second kappa shape index (κ2) is 6.06. The van der Waals surface area contributed by atoms with Crippen LogP contribution in [0.15, 0.2) is 12.5 Å². The number of rotatable bonds is 5. The maximum Gasteiger partial charge on any atom is 0.339 e. The first-order valence-electron chi connectivity index (χ1n) is 4.32. The molecule has 0 aromatic carbocycles. The van der Waals surface area contributed by atoms with Crippen molar-refractivity contribution in [1.82, 2.24) is 9.97 Å². The lowest BCUT2D eigenvalue weighted by molar-refractivity contribution is -0.137. The number of esters is 1. The van der Waals surface area contributed by atoms with Crippen LogP contribution in [0.25, 0.3) is 0 Å². The van der Waals surface area contributed by atoms with Crippen LogP contribution >= 0.6 is 11.8 Å². The highest BCUT2D eigenvalue weighted by atomic mass is 32.2. The first-order valence-corrected chi connectivity index (χ1v) is 5.47. The first-order chi connectivity index (χ1) is 7.65. The average molecular weight is 242 g/mol. The quantitative estimate of drug-likeness (QED) is 0.755. The molecule has 0 aliphatic rings. The minimum atomic E-state index is -1.07. The molecule has 0 aliphatic heterocycles. The Morgan fingerprint density at radius 1 is 1.56 bits per heavy atom. The summed E-state index contributed by atoms with van der Waals surface area (Å²) in [5.74, 6) is -0.927. The van der Waals surface area contributed by atoms with Crippen molar-refractivity contribution in [3.8, 4) is 0 Å². The van der Waals surface area contributed by atoms with E-state index in [1.165, 1.54) is 31.4 Å². The van der Waals surface area contributed by atoms with Gasteiger partial charge in [0.15, 0.2) is 0 Å². The van der Waals surface area contributed by atoms with Gasteiger partial charge in [0.1, 0.15) is 11.9 Å². The van der Waals surface area contributed by atoms with Crippen LogP contribution in [-0.4, -0.2) is 39.9 Å². The van der Waals surface area contributed by atoms with Gasteiger partial charge in [-0.05, 0) is 0 Å². The molecule has 7 heteroatoms. The number of carboxylic acids is 1. The van der Waals surface area contributed by atoms with Gasteiger partial charge in [-0.3, -0.25) is 4.79 Å². The van der Waals surface area contributed by atoms with E-state index in [9.17, 15) is 9.59 Å². The third-order valence-corrected chi connectivity index (χ3v) is 2.63. The molecule has 0 saturated carbocycles. The van der Waals surface area contributed by atoms with Gasteiger partial charge >= 0.3 is 11.9 Å². The Labute approximate surface area is 96.0 Å². The molecule has 0 spiro atoms. The summed E-state index contributed by atoms with van der Waals surface area (Å²) < 4.78 is 4.46. The smallest absolute Gasteiger partial charge is 0.339 e. The molecule has 86 valence electrons. The van der Waals surface area contributed by atoms with Gasteiger partial charge in [0, 0.05) is 11.9 Å². The monoisotopic (exact) mass is 242 g/mol. The van der Waals surface area contributed by atoms with Crippen molar-refractivity contribution in [2.24, 2.45) is 0 Å². The van der Waals surface area contributed by atoms with Crippen molar-refractivity contribution < 1.29 is 19.4 Å². The molecular weight excluding hydrogens is 232 g/mol. The molecule has 1 aromatic heterocycles. The van der Waals surface area contributed by atoms with Gasteiger partial charge in [-0.1, -0.05) is 0 Å². The first kappa shape index (κ1) is 12.4. The fourth-order valence-electron chi connectivity index (χ4n) is 0.939. The SMILES string of the molecule is COC(=O)CSCc1ncncc1C(=O)O. The van der Waals surface area contributed by atoms with Crippen molar-refractivity contribution in [3.63, 3.8) is 0 Å². The number of aromatic nitrogens is 2. The van der Waals surface area contributed by atoms with Gasteiger partial charge in [0.2, 0.25) is 0 Å². The van der Waals surface area contributed by atoms with E-state index >= 15 is 0 Å². The van der Waals surface area contributed by atoms with E-state index in [1.807, 2.05) is 0 Å². The van der Waals surface area contributed by atoms with Crippen molar-refractivity contribution in [1.29, 1.82) is 0 Å². The lowest BCUT2D eigenvalue weighted by atomic mass is 10.2. The number of carboxylic acid groups (broad SMARTS) is 1. The number of nitrogens with zero attached hydrogens (tertiary/aromatic N) is 2. The summed E-state index contributed by atoms with van der Waals surface area (Å²) in [5.41, 5.74) is 0.455. The molecule has 1 rings (SSSR count). The third kappa shape index (κ3) is 3.50. The summed E-state index contributed by atoms with van der Waals surface area (Å²) in [7, 11) is 1.30. The van der Waals surface area contributed by atoms with E-state index in [2.05, 4.69) is 14.7 Å². The van der Waals surface area contributed by atoms with Crippen molar-refractivity contribution >= 4 is 23.7 Å². The van der Waals surface area contributed by atoms with E-state index in [4.69, 9.17) is 5.11 Å². The molecule has 0 radical (unpaired) electrons. The number of methoxy groups -OCH3 is 1. The molecule has 16 heavy (non-hydrogen) atoms. The van der Waals surface area contributed by atoms with Gasteiger partial charge < -0.3 is 9.84 Å². The van der Waals surface area contributed by atoms with Crippen molar-refractivity contribution in [3.05, 3.63) is 23.8 Å². The Balaban J connectivity index is 2.60. The van der Waals surface area contributed by atoms with Gasteiger partial charge in [0.25, 0.3) is 0 Å². The standard InChI is InChI=1S/C9H10N2O4S/c1-15-8(12)4-16-3-7-6(9(13)14)2-10-5-11-7/h2,5H,3-4H2,1H3,(H,13,14). The zero-order chi connectivity index (χ0) is 12.0. The van der Waals surface area contributed by atoms with Gasteiger partial charge in [-0.25, -0.2) is 14.8 Å². The predicted molar refractivity (Wildman–Crippen MR) is 57.2 cm³/mol. The summed E-state index contributed by atoms with van der Waals surface area (Å²) in [4.78, 5) is 29.1. The van der Waals surface area contributed by atoms with Crippen LogP contribution in [0.3, 0.4) is 0 Å². The van der Waals surface area contributed by atoms with Crippen LogP contribution in [0.1, 0.15) is 16.1 Å². The van der Waals surface area contributed by atoms with Crippen molar-refractivity contribution in [2.75, 3.05) is 12.9 Å². The third-order valence-electron chi connectivity index (χ3n) is 1.71. The van der Waals surface area contributed by atoms with E-state index in [0.717, 1.165) is 0 Å². The molecule has 1 aromatic rings. The highest BCUT2D eigenvalue weighted by Crippen LogP contribution is 2.13. The summed E-state index contributed by atoms with van der Waals surface area (Å²) in [6.45, 7) is 0. The van der Waals surface area contributed by atoms with Crippen LogP contribution < -0.4 is 0 Å². The molecule has 1 heterocycles. The highest BCUT2D eigenvalue weighted by Gasteiger charge is 2.11. The van der Waals surface area contributed by atoms with Crippen LogP contribution in [0, 0.1) is 0 Å². The normalized spacial score (nSPS) is 9.81. The summed E-state index contributed by atoms with van der Waals surface area (Å²) in [6, 6.07) is 0. The zero-order valence-corrected chi connectivity index (χ0v) is 9.36. The van der Waals surface area contributed by atoms with E-state index in [0.29, 0.717) is 11.4 Å². The molecule has 0 saturated heterocycles. The van der Waals surface area contributed by atoms with Crippen LogP contribution in [0.4, 0.5) is 0 Å². The fraction of sp³-hybridized carbons (Fsp3) is 0.333. The minimum Gasteiger partial charge on any atom is -0.478 e. The fourth-order valence-corrected chi connectivity index (χ4v) is 1.75. The Kier molecular flexibility index (Phi) is 4.71. The Morgan fingerprint density at radius 2 is 2.31 bits per heavy atom. The van der Waals surface area contributed by atoms with Gasteiger partial charge in [0.05, 0.1) is 18.6 Å². The Hall–Kier alpha value is -1.63. The van der Waals surface area contributed by atoms with Gasteiger partial charge in [-0.15, -0.1) is 11.8 Å². The van der Waals surface area contributed by atoms with E-state index in [-0.39, 0.29) is 17.3 Å². The summed E-state index contributed by atoms with van der Waals surface area (Å²) in [5, 5.41) is 8.84. The number of aromatic carboxylic acids is 1.